The Morgan fingerprint density at radius 2 is 1.65 bits per heavy atom. The average molecular weight is 448 g/mol. The zero-order valence-corrected chi connectivity index (χ0v) is 18.4. The molecule has 1 aliphatic heterocycles. The molecule has 1 rings (SSSR count). The molecule has 1 saturated heterocycles. The topological polar surface area (TPSA) is 174 Å². The molecule has 31 heavy (non-hydrogen) atoms. The predicted octanol–water partition coefficient (Wildman–Crippen LogP) is -1.62. The van der Waals surface area contributed by atoms with Crippen molar-refractivity contribution in [2.75, 3.05) is 39.4 Å². The number of amides is 2. The molecule has 0 bridgehead atoms. The summed E-state index contributed by atoms with van der Waals surface area (Å²) in [7, 11) is 0. The van der Waals surface area contributed by atoms with Crippen LogP contribution in [0.3, 0.4) is 0 Å². The molecule has 0 spiro atoms. The van der Waals surface area contributed by atoms with Crippen molar-refractivity contribution in [3.05, 3.63) is 0 Å². The van der Waals surface area contributed by atoms with Crippen molar-refractivity contribution in [3.8, 4) is 0 Å². The Labute approximate surface area is 182 Å². The van der Waals surface area contributed by atoms with Crippen LogP contribution in [0.15, 0.2) is 0 Å². The summed E-state index contributed by atoms with van der Waals surface area (Å²) in [6.45, 7) is 4.09. The van der Waals surface area contributed by atoms with Crippen LogP contribution in [0.4, 0.5) is 0 Å². The summed E-state index contributed by atoms with van der Waals surface area (Å²) in [5.41, 5.74) is 5.75. The lowest BCUT2D eigenvalue weighted by atomic mass is 10.1. The second-order valence-electron chi connectivity index (χ2n) is 8.37. The second kappa shape index (κ2) is 13.6. The number of carbonyl (C=O) groups excluding carboxylic acids is 2. The van der Waals surface area contributed by atoms with Gasteiger partial charge in [-0.1, -0.05) is 13.8 Å². The monoisotopic (exact) mass is 447 g/mol. The highest BCUT2D eigenvalue weighted by molar-refractivity contribution is 5.86. The molecule has 1 heterocycles. The van der Waals surface area contributed by atoms with Crippen LogP contribution in [0.2, 0.25) is 0 Å². The van der Waals surface area contributed by atoms with E-state index in [1.165, 1.54) is 9.80 Å². The zero-order valence-electron chi connectivity index (χ0n) is 18.4. The van der Waals surface area contributed by atoms with Crippen molar-refractivity contribution < 1.29 is 39.5 Å². The largest absolute Gasteiger partial charge is 0.481 e. The number of carbonyl (C=O) groups is 3. The summed E-state index contributed by atoms with van der Waals surface area (Å²) < 4.78 is 5.32. The number of hydrogen-bond acceptors (Lipinski definition) is 8. The normalized spacial score (nSPS) is 25.7. The van der Waals surface area contributed by atoms with Crippen LogP contribution in [0, 0.1) is 5.92 Å². The molecule has 6 N–H and O–H groups in total. The summed E-state index contributed by atoms with van der Waals surface area (Å²) in [5, 5.41) is 39.5. The highest BCUT2D eigenvalue weighted by Crippen LogP contribution is 2.11. The van der Waals surface area contributed by atoms with Gasteiger partial charge < -0.3 is 40.7 Å². The maximum absolute atomic E-state index is 12.7. The molecular weight excluding hydrogens is 410 g/mol. The fourth-order valence-corrected chi connectivity index (χ4v) is 3.28. The number of β-amino-alcohol motifs (C(OH)–C–C–N with tert-alkyl or cyclic N) is 1. The Bertz CT molecular complexity index is 589. The fraction of sp³-hybridized carbons (Fsp3) is 0.850. The smallest absolute Gasteiger partial charge is 0.305 e. The van der Waals surface area contributed by atoms with E-state index >= 15 is 0 Å². The number of hydrogen-bond donors (Lipinski definition) is 5. The lowest BCUT2D eigenvalue weighted by Crippen LogP contribution is -2.51. The van der Waals surface area contributed by atoms with E-state index in [9.17, 15) is 29.7 Å². The van der Waals surface area contributed by atoms with Crippen LogP contribution in [0.25, 0.3) is 0 Å². The van der Waals surface area contributed by atoms with Crippen LogP contribution in [-0.4, -0.2) is 112 Å². The number of nitrogens with zero attached hydrogens (tertiary/aromatic N) is 2. The molecule has 0 saturated carbocycles. The minimum Gasteiger partial charge on any atom is -0.481 e. The molecule has 0 aliphatic carbocycles. The molecule has 0 aromatic heterocycles. The van der Waals surface area contributed by atoms with Crippen molar-refractivity contribution in [1.29, 1.82) is 0 Å². The van der Waals surface area contributed by atoms with Crippen LogP contribution in [0.5, 0.6) is 0 Å². The minimum absolute atomic E-state index is 0.0587. The predicted molar refractivity (Wildman–Crippen MR) is 111 cm³/mol. The fourth-order valence-electron chi connectivity index (χ4n) is 3.28. The molecule has 180 valence electrons. The van der Waals surface area contributed by atoms with E-state index in [4.69, 9.17) is 15.6 Å². The van der Waals surface area contributed by atoms with Gasteiger partial charge in [0.1, 0.15) is 18.3 Å². The van der Waals surface area contributed by atoms with Gasteiger partial charge in [0, 0.05) is 39.2 Å². The summed E-state index contributed by atoms with van der Waals surface area (Å²) in [6.07, 6.45) is -3.40. The van der Waals surface area contributed by atoms with Crippen molar-refractivity contribution in [1.82, 2.24) is 9.80 Å². The molecule has 4 atom stereocenters. The van der Waals surface area contributed by atoms with E-state index in [0.29, 0.717) is 19.4 Å². The van der Waals surface area contributed by atoms with Crippen molar-refractivity contribution in [2.24, 2.45) is 11.7 Å². The summed E-state index contributed by atoms with van der Waals surface area (Å²) in [5.74, 6) is -1.91. The summed E-state index contributed by atoms with van der Waals surface area (Å²) >= 11 is 0. The first-order valence-corrected chi connectivity index (χ1v) is 10.7. The molecule has 0 aromatic carbocycles. The van der Waals surface area contributed by atoms with Gasteiger partial charge in [-0.15, -0.1) is 0 Å². The third-order valence-corrected chi connectivity index (χ3v) is 5.05. The van der Waals surface area contributed by atoms with E-state index in [2.05, 4.69) is 0 Å². The number of aliphatic carboxylic acids is 1. The van der Waals surface area contributed by atoms with Crippen molar-refractivity contribution in [2.45, 2.75) is 63.9 Å². The van der Waals surface area contributed by atoms with Crippen molar-refractivity contribution >= 4 is 17.8 Å². The molecule has 0 aromatic rings. The third kappa shape index (κ3) is 9.92. The number of carboxylic acid groups (broad SMARTS) is 1. The van der Waals surface area contributed by atoms with E-state index in [-0.39, 0.29) is 51.1 Å². The highest BCUT2D eigenvalue weighted by atomic mass is 16.5. The van der Waals surface area contributed by atoms with Gasteiger partial charge >= 0.3 is 5.97 Å². The summed E-state index contributed by atoms with van der Waals surface area (Å²) in [4.78, 5) is 39.0. The second-order valence-corrected chi connectivity index (χ2v) is 8.37. The van der Waals surface area contributed by atoms with Crippen LogP contribution in [0.1, 0.15) is 39.5 Å². The number of ether oxygens (including phenoxy) is 1. The highest BCUT2D eigenvalue weighted by Gasteiger charge is 2.30. The van der Waals surface area contributed by atoms with Crippen LogP contribution in [-0.2, 0) is 19.1 Å². The molecule has 11 heteroatoms. The maximum atomic E-state index is 12.7. The Hall–Kier alpha value is -1.79. The Morgan fingerprint density at radius 3 is 2.26 bits per heavy atom. The Morgan fingerprint density at radius 1 is 1.00 bits per heavy atom. The molecule has 1 fully saturated rings. The summed E-state index contributed by atoms with van der Waals surface area (Å²) in [6, 6.07) is -1.20. The first-order chi connectivity index (χ1) is 14.5. The molecule has 1 aliphatic rings. The number of aliphatic hydroxyl groups is 3. The van der Waals surface area contributed by atoms with Gasteiger partial charge in [-0.05, 0) is 18.8 Å². The molecule has 11 nitrogen and oxygen atoms in total. The van der Waals surface area contributed by atoms with Gasteiger partial charge in [-0.2, -0.15) is 0 Å². The van der Waals surface area contributed by atoms with Crippen molar-refractivity contribution in [3.63, 3.8) is 0 Å². The molecule has 0 radical (unpaired) electrons. The lowest BCUT2D eigenvalue weighted by Gasteiger charge is -2.33. The third-order valence-electron chi connectivity index (χ3n) is 5.05. The van der Waals surface area contributed by atoms with E-state index < -0.39 is 42.7 Å². The van der Waals surface area contributed by atoms with E-state index in [1.807, 2.05) is 13.8 Å². The van der Waals surface area contributed by atoms with Gasteiger partial charge in [0.2, 0.25) is 11.8 Å². The number of aliphatic hydroxyl groups excluding tert-OH is 3. The standard InChI is InChI=1S/C20H37N3O8/c1-13(2)9-17(26)23-7-6-22(20(30)14(21)10-18(27)28)5-3-4-8-31-12-16(25)19(29)15(24)11-23/h13-16,19,24-25,29H,3-12,21H2,1-2H3,(H,27,28)/t14-,15-,16+,19+/m0/s1. The quantitative estimate of drug-likeness (QED) is 0.332. The van der Waals surface area contributed by atoms with Crippen LogP contribution < -0.4 is 5.73 Å². The van der Waals surface area contributed by atoms with Crippen LogP contribution >= 0.6 is 0 Å². The van der Waals surface area contributed by atoms with Gasteiger partial charge in [0.25, 0.3) is 0 Å². The van der Waals surface area contributed by atoms with Gasteiger partial charge in [0.05, 0.1) is 19.1 Å². The van der Waals surface area contributed by atoms with Gasteiger partial charge in [0.15, 0.2) is 0 Å². The number of nitrogens with two attached hydrogens (primary N) is 1. The van der Waals surface area contributed by atoms with E-state index in [0.717, 1.165) is 0 Å². The number of carboxylic acids is 1. The molecule has 2 amide bonds. The zero-order chi connectivity index (χ0) is 23.6. The molecule has 0 unspecified atom stereocenters. The Balaban J connectivity index is 3.01. The Kier molecular flexibility index (Phi) is 11.9. The average Bonchev–Trinajstić information content (AvgIpc) is 2.68. The first-order valence-electron chi connectivity index (χ1n) is 10.7. The SMILES string of the molecule is CC(C)CC(=O)N1CCN(C(=O)[C@@H](N)CC(=O)O)CCCCOC[C@@H](O)[C@H](O)[C@@H](O)C1. The lowest BCUT2D eigenvalue weighted by molar-refractivity contribution is -0.143. The van der Waals surface area contributed by atoms with Gasteiger partial charge in [-0.25, -0.2) is 0 Å². The maximum Gasteiger partial charge on any atom is 0.305 e. The molecular formula is C20H37N3O8. The van der Waals surface area contributed by atoms with Gasteiger partial charge in [-0.3, -0.25) is 14.4 Å². The first kappa shape index (κ1) is 27.2. The van der Waals surface area contributed by atoms with E-state index in [1.54, 1.807) is 0 Å². The number of rotatable bonds is 5. The minimum atomic E-state index is -1.50.